The van der Waals surface area contributed by atoms with E-state index < -0.39 is 42.4 Å². The summed E-state index contributed by atoms with van der Waals surface area (Å²) in [4.78, 5) is 11.9. The zero-order valence-corrected chi connectivity index (χ0v) is 18.9. The molecule has 1 aromatic rings. The highest BCUT2D eigenvalue weighted by atomic mass is 28.5. The van der Waals surface area contributed by atoms with Crippen molar-refractivity contribution in [3.63, 3.8) is 0 Å². The van der Waals surface area contributed by atoms with Gasteiger partial charge >= 0.3 is 14.5 Å². The van der Waals surface area contributed by atoms with Crippen LogP contribution in [0.1, 0.15) is 5.56 Å². The summed E-state index contributed by atoms with van der Waals surface area (Å²) in [7, 11) is -7.92. The van der Waals surface area contributed by atoms with Gasteiger partial charge in [-0.1, -0.05) is 30.3 Å². The van der Waals surface area contributed by atoms with Gasteiger partial charge in [-0.3, -0.25) is 0 Å². The van der Waals surface area contributed by atoms with Gasteiger partial charge in [0, 0.05) is 6.08 Å². The Hall–Kier alpha value is -0.862. The van der Waals surface area contributed by atoms with Crippen LogP contribution in [0.3, 0.4) is 0 Å². The van der Waals surface area contributed by atoms with Crippen molar-refractivity contribution >= 4 is 48.5 Å². The summed E-state index contributed by atoms with van der Waals surface area (Å²) in [6, 6.07) is 9.59. The highest BCUT2D eigenvalue weighted by molar-refractivity contribution is 6.81. The summed E-state index contributed by atoms with van der Waals surface area (Å²) in [5.41, 5.74) is 0.944. The Labute approximate surface area is 149 Å². The Bertz CT molecular complexity index is 556. The van der Waals surface area contributed by atoms with Crippen LogP contribution in [0.25, 0.3) is 6.08 Å². The Morgan fingerprint density at radius 3 is 2.25 bits per heavy atom. The smallest absolute Gasteiger partial charge is 0.356 e. The molecule has 2 unspecified atom stereocenters. The average molecular weight is 401 g/mol. The molecule has 0 radical (unpaired) electrons. The monoisotopic (exact) mass is 400 g/mol. The van der Waals surface area contributed by atoms with Gasteiger partial charge in [0.25, 0.3) is 27.9 Å². The van der Waals surface area contributed by atoms with E-state index in [1.54, 1.807) is 6.08 Å². The molecule has 1 aliphatic rings. The lowest BCUT2D eigenvalue weighted by molar-refractivity contribution is -0.136. The second kappa shape index (κ2) is 9.01. The number of hydrogen-bond acceptors (Lipinski definition) is 6. The van der Waals surface area contributed by atoms with Crippen LogP contribution in [0.5, 0.6) is 0 Å². The van der Waals surface area contributed by atoms with Gasteiger partial charge in [0.1, 0.15) is 6.23 Å². The lowest BCUT2D eigenvalue weighted by atomic mass is 10.2. The largest absolute Gasteiger partial charge is 0.461 e. The summed E-state index contributed by atoms with van der Waals surface area (Å²) in [5.74, 6) is -0.407. The van der Waals surface area contributed by atoms with E-state index in [1.165, 1.54) is 6.08 Å². The molecule has 0 aliphatic carbocycles. The van der Waals surface area contributed by atoms with Crippen molar-refractivity contribution in [3.05, 3.63) is 42.0 Å². The van der Waals surface area contributed by atoms with E-state index in [1.807, 2.05) is 56.5 Å². The third-order valence-corrected chi connectivity index (χ3v) is 16.7. The van der Waals surface area contributed by atoms with E-state index in [2.05, 4.69) is 0 Å². The van der Waals surface area contributed by atoms with Crippen molar-refractivity contribution in [2.75, 3.05) is 6.23 Å². The second-order valence-corrected chi connectivity index (χ2v) is 15.7. The minimum absolute atomic E-state index is 0.141. The Balaban J connectivity index is 1.90. The minimum Gasteiger partial charge on any atom is -0.461 e. The summed E-state index contributed by atoms with van der Waals surface area (Å²) in [5, 5.41) is 0. The number of esters is 1. The lowest BCUT2D eigenvalue weighted by Crippen LogP contribution is -2.56. The van der Waals surface area contributed by atoms with E-state index in [9.17, 15) is 4.79 Å². The average Bonchev–Trinajstić information content (AvgIpc) is 2.50. The van der Waals surface area contributed by atoms with Crippen LogP contribution in [0.2, 0.25) is 26.2 Å². The van der Waals surface area contributed by atoms with Gasteiger partial charge in [0.2, 0.25) is 0 Å². The number of benzene rings is 1. The van der Waals surface area contributed by atoms with Crippen LogP contribution >= 0.6 is 0 Å². The molecule has 2 rings (SSSR count). The first-order valence-electron chi connectivity index (χ1n) is 7.93. The molecule has 6 nitrogen and oxygen atoms in total. The highest BCUT2D eigenvalue weighted by Crippen LogP contribution is 2.17. The Morgan fingerprint density at radius 1 is 1.08 bits per heavy atom. The molecule has 0 amide bonds. The molecule has 1 aliphatic heterocycles. The van der Waals surface area contributed by atoms with Gasteiger partial charge in [-0.05, 0) is 37.8 Å². The maximum atomic E-state index is 11.9. The van der Waals surface area contributed by atoms with Crippen molar-refractivity contribution in [1.29, 1.82) is 0 Å². The molecule has 1 saturated heterocycles. The van der Waals surface area contributed by atoms with Crippen LogP contribution < -0.4 is 0 Å². The van der Waals surface area contributed by atoms with E-state index in [0.29, 0.717) is 0 Å². The zero-order chi connectivity index (χ0) is 17.6. The van der Waals surface area contributed by atoms with Crippen molar-refractivity contribution in [2.45, 2.75) is 26.2 Å². The first-order chi connectivity index (χ1) is 11.4. The van der Waals surface area contributed by atoms with Crippen molar-refractivity contribution in [3.8, 4) is 0 Å². The maximum Gasteiger partial charge on any atom is 0.356 e. The molecule has 1 aromatic carbocycles. The van der Waals surface area contributed by atoms with Gasteiger partial charge < -0.3 is 21.2 Å². The highest BCUT2D eigenvalue weighted by Gasteiger charge is 2.40. The SMILES string of the molecule is C[SiH]1O[SiH](C)O[Si](C)(COC(=O)/C=C/c2ccccc2)O[SiH](C)O1. The van der Waals surface area contributed by atoms with E-state index >= 15 is 0 Å². The molecular weight excluding hydrogens is 376 g/mol. The van der Waals surface area contributed by atoms with Crippen molar-refractivity contribution in [1.82, 2.24) is 0 Å². The summed E-state index contributed by atoms with van der Waals surface area (Å²) >= 11 is 0. The molecule has 0 N–H and O–H groups in total. The summed E-state index contributed by atoms with van der Waals surface area (Å²) < 4.78 is 29.1. The predicted octanol–water partition coefficient (Wildman–Crippen LogP) is 1.49. The molecule has 2 atom stereocenters. The quantitative estimate of drug-likeness (QED) is 0.433. The molecule has 1 fully saturated rings. The van der Waals surface area contributed by atoms with Gasteiger partial charge in [-0.2, -0.15) is 0 Å². The first-order valence-corrected chi connectivity index (χ1v) is 16.7. The molecular formula is C14H24O6Si4. The summed E-state index contributed by atoms with van der Waals surface area (Å²) in [6.45, 7) is 7.79. The van der Waals surface area contributed by atoms with Crippen LogP contribution in [0.4, 0.5) is 0 Å². The Kier molecular flexibility index (Phi) is 7.30. The fourth-order valence-electron chi connectivity index (χ4n) is 2.40. The molecule has 0 spiro atoms. The topological polar surface area (TPSA) is 63.2 Å². The predicted molar refractivity (Wildman–Crippen MR) is 101 cm³/mol. The van der Waals surface area contributed by atoms with E-state index in [0.717, 1.165) is 5.56 Å². The van der Waals surface area contributed by atoms with Gasteiger partial charge in [0.15, 0.2) is 0 Å². The molecule has 24 heavy (non-hydrogen) atoms. The van der Waals surface area contributed by atoms with Crippen LogP contribution in [0, 0.1) is 0 Å². The van der Waals surface area contributed by atoms with E-state index in [-0.39, 0.29) is 6.23 Å². The fraction of sp³-hybridized carbons (Fsp3) is 0.357. The van der Waals surface area contributed by atoms with Crippen LogP contribution in [-0.4, -0.2) is 48.6 Å². The van der Waals surface area contributed by atoms with Crippen LogP contribution in [0.15, 0.2) is 36.4 Å². The summed E-state index contributed by atoms with van der Waals surface area (Å²) in [6.07, 6.45) is 3.28. The standard InChI is InChI=1S/C14H24O6Si4/c1-21-17-22(2)19-24(4,20-23(3)18-21)12-16-14(15)11-10-13-8-6-5-7-9-13/h5-11,21-23H,12H2,1-4H3/b11-10+. The molecule has 0 saturated carbocycles. The van der Waals surface area contributed by atoms with Crippen molar-refractivity contribution in [2.24, 2.45) is 0 Å². The number of carbonyl (C=O) groups is 1. The number of ether oxygens (including phenoxy) is 1. The van der Waals surface area contributed by atoms with Gasteiger partial charge in [-0.25, -0.2) is 4.79 Å². The molecule has 10 heteroatoms. The van der Waals surface area contributed by atoms with Gasteiger partial charge in [-0.15, -0.1) is 0 Å². The van der Waals surface area contributed by atoms with E-state index in [4.69, 9.17) is 21.2 Å². The maximum absolute atomic E-state index is 11.9. The number of carbonyl (C=O) groups excluding carboxylic acids is 1. The normalized spacial score (nSPS) is 31.4. The van der Waals surface area contributed by atoms with Crippen LogP contribution in [-0.2, 0) is 26.0 Å². The molecule has 0 aromatic heterocycles. The fourth-order valence-corrected chi connectivity index (χ4v) is 16.3. The third-order valence-electron chi connectivity index (χ3n) is 3.29. The number of rotatable bonds is 4. The zero-order valence-electron chi connectivity index (χ0n) is 14.4. The molecule has 132 valence electrons. The number of hydrogen-bond donors (Lipinski definition) is 0. The van der Waals surface area contributed by atoms with Gasteiger partial charge in [0.05, 0.1) is 0 Å². The first kappa shape index (κ1) is 19.5. The molecule has 1 heterocycles. The molecule has 0 bridgehead atoms. The Morgan fingerprint density at radius 2 is 1.67 bits per heavy atom. The third kappa shape index (κ3) is 6.56. The lowest BCUT2D eigenvalue weighted by Gasteiger charge is -2.36. The van der Waals surface area contributed by atoms with Crippen molar-refractivity contribution < 1.29 is 26.0 Å². The minimum atomic E-state index is -2.63. The second-order valence-electron chi connectivity index (χ2n) is 5.70.